The largest absolute Gasteiger partial charge is 0.480 e. The molecule has 1 aromatic rings. The van der Waals surface area contributed by atoms with E-state index in [0.717, 1.165) is 0 Å². The molecule has 1 saturated heterocycles. The second kappa shape index (κ2) is 7.78. The van der Waals surface area contributed by atoms with Crippen molar-refractivity contribution in [2.45, 2.75) is 45.2 Å². The number of amides is 1. The molecule has 0 bridgehead atoms. The summed E-state index contributed by atoms with van der Waals surface area (Å²) in [6, 6.07) is 8.09. The smallest absolute Gasteiger partial charge is 0.326 e. The summed E-state index contributed by atoms with van der Waals surface area (Å²) in [7, 11) is 0. The minimum atomic E-state index is -1.02. The normalized spacial score (nSPS) is 20.5. The van der Waals surface area contributed by atoms with Gasteiger partial charge in [-0.25, -0.2) is 4.79 Å². The van der Waals surface area contributed by atoms with E-state index in [2.05, 4.69) is 5.32 Å². The lowest BCUT2D eigenvalue weighted by molar-refractivity contribution is -0.147. The fourth-order valence-corrected chi connectivity index (χ4v) is 3.03. The third kappa shape index (κ3) is 5.39. The van der Waals surface area contributed by atoms with Gasteiger partial charge in [-0.2, -0.15) is 0 Å². The average molecular weight is 346 g/mol. The summed E-state index contributed by atoms with van der Waals surface area (Å²) >= 11 is 0. The molecular weight excluding hydrogens is 320 g/mol. The molecule has 1 aliphatic heterocycles. The van der Waals surface area contributed by atoms with Crippen LogP contribution >= 0.6 is 0 Å². The first-order valence-corrected chi connectivity index (χ1v) is 8.53. The van der Waals surface area contributed by atoms with E-state index in [4.69, 9.17) is 0 Å². The van der Waals surface area contributed by atoms with Gasteiger partial charge in [0.25, 0.3) is 0 Å². The van der Waals surface area contributed by atoms with Crippen molar-refractivity contribution in [2.24, 2.45) is 5.92 Å². The predicted octanol–water partition coefficient (Wildman–Crippen LogP) is 1.95. The average Bonchev–Trinajstić information content (AvgIpc) is 2.97. The zero-order valence-electron chi connectivity index (χ0n) is 15.0. The zero-order valence-corrected chi connectivity index (χ0v) is 15.0. The van der Waals surface area contributed by atoms with Gasteiger partial charge in [0.15, 0.2) is 5.78 Å². The topological polar surface area (TPSA) is 86.7 Å². The molecule has 0 unspecified atom stereocenters. The van der Waals surface area contributed by atoms with Gasteiger partial charge in [-0.15, -0.1) is 0 Å². The number of carbonyl (C=O) groups excluding carboxylic acids is 2. The van der Waals surface area contributed by atoms with E-state index >= 15 is 0 Å². The number of ketones is 1. The van der Waals surface area contributed by atoms with Crippen molar-refractivity contribution in [3.63, 3.8) is 0 Å². The van der Waals surface area contributed by atoms with Crippen molar-refractivity contribution in [3.8, 4) is 0 Å². The van der Waals surface area contributed by atoms with E-state index in [9.17, 15) is 19.5 Å². The molecule has 2 atom stereocenters. The summed E-state index contributed by atoms with van der Waals surface area (Å²) in [4.78, 5) is 37.7. The van der Waals surface area contributed by atoms with Gasteiger partial charge < -0.3 is 15.3 Å². The van der Waals surface area contributed by atoms with Crippen LogP contribution in [0.1, 0.15) is 44.0 Å². The maximum Gasteiger partial charge on any atom is 0.326 e. The second-order valence-corrected chi connectivity index (χ2v) is 7.60. The Bertz CT molecular complexity index is 637. The first-order chi connectivity index (χ1) is 11.7. The lowest BCUT2D eigenvalue weighted by Crippen LogP contribution is -2.48. The van der Waals surface area contributed by atoms with E-state index in [0.29, 0.717) is 18.5 Å². The van der Waals surface area contributed by atoms with Gasteiger partial charge >= 0.3 is 5.97 Å². The van der Waals surface area contributed by atoms with Gasteiger partial charge in [0.2, 0.25) is 5.91 Å². The van der Waals surface area contributed by atoms with Crippen LogP contribution in [0, 0.1) is 5.92 Å². The van der Waals surface area contributed by atoms with Gasteiger partial charge in [0.1, 0.15) is 6.04 Å². The standard InChI is InChI=1S/C19H26N2O4/c1-19(2,3)20-11-17(23)21-12-13(9-15(21)18(24)25)10-16(22)14-7-5-4-6-8-14/h4-8,13,15,20H,9-12H2,1-3H3,(H,24,25)/t13-,15-/m0/s1. The number of carboxylic acid groups (broad SMARTS) is 1. The molecule has 0 radical (unpaired) electrons. The van der Waals surface area contributed by atoms with Gasteiger partial charge in [-0.3, -0.25) is 9.59 Å². The molecule has 1 aliphatic rings. The highest BCUT2D eigenvalue weighted by Crippen LogP contribution is 2.27. The Kier molecular flexibility index (Phi) is 5.95. The molecule has 25 heavy (non-hydrogen) atoms. The number of carbonyl (C=O) groups is 3. The first-order valence-electron chi connectivity index (χ1n) is 8.53. The van der Waals surface area contributed by atoms with Crippen LogP contribution in [-0.4, -0.2) is 52.3 Å². The van der Waals surface area contributed by atoms with Crippen molar-refractivity contribution in [2.75, 3.05) is 13.1 Å². The molecular formula is C19H26N2O4. The molecule has 1 aromatic carbocycles. The van der Waals surface area contributed by atoms with E-state index in [-0.39, 0.29) is 36.1 Å². The van der Waals surface area contributed by atoms with Crippen LogP contribution in [-0.2, 0) is 9.59 Å². The monoisotopic (exact) mass is 346 g/mol. The lowest BCUT2D eigenvalue weighted by atomic mass is 9.96. The number of hydrogen-bond donors (Lipinski definition) is 2. The van der Waals surface area contributed by atoms with Gasteiger partial charge in [0.05, 0.1) is 6.54 Å². The van der Waals surface area contributed by atoms with Crippen molar-refractivity contribution in [1.82, 2.24) is 10.2 Å². The Labute approximate surface area is 148 Å². The van der Waals surface area contributed by atoms with E-state index in [1.165, 1.54) is 4.90 Å². The fraction of sp³-hybridized carbons (Fsp3) is 0.526. The SMILES string of the molecule is CC(C)(C)NCC(=O)N1C[C@H](CC(=O)c2ccccc2)C[C@H]1C(=O)O. The first kappa shape index (κ1) is 19.1. The van der Waals surface area contributed by atoms with Crippen molar-refractivity contribution < 1.29 is 19.5 Å². The Balaban J connectivity index is 2.00. The number of nitrogens with zero attached hydrogens (tertiary/aromatic N) is 1. The van der Waals surface area contributed by atoms with Crippen LogP contribution in [0.4, 0.5) is 0 Å². The van der Waals surface area contributed by atoms with Gasteiger partial charge in [0, 0.05) is 24.1 Å². The molecule has 6 heteroatoms. The molecule has 1 amide bonds. The highest BCUT2D eigenvalue weighted by Gasteiger charge is 2.40. The molecule has 1 heterocycles. The van der Waals surface area contributed by atoms with Crippen molar-refractivity contribution in [3.05, 3.63) is 35.9 Å². The zero-order chi connectivity index (χ0) is 18.6. The van der Waals surface area contributed by atoms with E-state index < -0.39 is 12.0 Å². The number of aliphatic carboxylic acids is 1. The molecule has 2 N–H and O–H groups in total. The van der Waals surface area contributed by atoms with Crippen LogP contribution in [0.15, 0.2) is 30.3 Å². The number of nitrogens with one attached hydrogen (secondary N) is 1. The third-order valence-electron chi connectivity index (χ3n) is 4.33. The molecule has 0 aliphatic carbocycles. The maximum atomic E-state index is 12.4. The molecule has 1 fully saturated rings. The molecule has 2 rings (SSSR count). The Morgan fingerprint density at radius 1 is 1.20 bits per heavy atom. The van der Waals surface area contributed by atoms with E-state index in [1.807, 2.05) is 26.8 Å². The number of likely N-dealkylation sites (tertiary alicyclic amines) is 1. The van der Waals surface area contributed by atoms with Gasteiger partial charge in [-0.1, -0.05) is 30.3 Å². The van der Waals surface area contributed by atoms with Crippen LogP contribution < -0.4 is 5.32 Å². The third-order valence-corrected chi connectivity index (χ3v) is 4.33. The maximum absolute atomic E-state index is 12.4. The second-order valence-electron chi connectivity index (χ2n) is 7.60. The molecule has 0 saturated carbocycles. The summed E-state index contributed by atoms with van der Waals surface area (Å²) in [5.74, 6) is -1.40. The summed E-state index contributed by atoms with van der Waals surface area (Å²) < 4.78 is 0. The highest BCUT2D eigenvalue weighted by molar-refractivity contribution is 5.96. The van der Waals surface area contributed by atoms with E-state index in [1.54, 1.807) is 24.3 Å². The van der Waals surface area contributed by atoms with Crippen LogP contribution in [0.2, 0.25) is 0 Å². The summed E-state index contributed by atoms with van der Waals surface area (Å²) in [6.07, 6.45) is 0.569. The quantitative estimate of drug-likeness (QED) is 0.769. The summed E-state index contributed by atoms with van der Waals surface area (Å²) in [5.41, 5.74) is 0.394. The van der Waals surface area contributed by atoms with Crippen molar-refractivity contribution in [1.29, 1.82) is 0 Å². The number of Topliss-reactive ketones (excluding diaryl/α,β-unsaturated/α-hetero) is 1. The number of hydrogen-bond acceptors (Lipinski definition) is 4. The molecule has 0 spiro atoms. The molecule has 136 valence electrons. The Hall–Kier alpha value is -2.21. The lowest BCUT2D eigenvalue weighted by Gasteiger charge is -2.25. The fourth-order valence-electron chi connectivity index (χ4n) is 3.03. The molecule has 0 aromatic heterocycles. The number of rotatable bonds is 6. The minimum Gasteiger partial charge on any atom is -0.480 e. The van der Waals surface area contributed by atoms with Crippen LogP contribution in [0.25, 0.3) is 0 Å². The Morgan fingerprint density at radius 2 is 1.84 bits per heavy atom. The Morgan fingerprint density at radius 3 is 2.40 bits per heavy atom. The summed E-state index contributed by atoms with van der Waals surface area (Å²) in [5, 5.41) is 12.5. The molecule has 6 nitrogen and oxygen atoms in total. The number of carboxylic acids is 1. The van der Waals surface area contributed by atoms with Crippen LogP contribution in [0.5, 0.6) is 0 Å². The van der Waals surface area contributed by atoms with Crippen molar-refractivity contribution >= 4 is 17.7 Å². The number of benzene rings is 1. The summed E-state index contributed by atoms with van der Waals surface area (Å²) in [6.45, 7) is 6.23. The minimum absolute atomic E-state index is 0.0168. The van der Waals surface area contributed by atoms with Gasteiger partial charge in [-0.05, 0) is 33.1 Å². The van der Waals surface area contributed by atoms with Crippen LogP contribution in [0.3, 0.4) is 0 Å². The predicted molar refractivity (Wildman–Crippen MR) is 94.4 cm³/mol. The highest BCUT2D eigenvalue weighted by atomic mass is 16.4.